The summed E-state index contributed by atoms with van der Waals surface area (Å²) in [4.78, 5) is 27.5. The van der Waals surface area contributed by atoms with Crippen LogP contribution in [0.4, 0.5) is 0 Å². The van der Waals surface area contributed by atoms with Crippen LogP contribution >= 0.6 is 11.3 Å². The molecule has 1 fully saturated rings. The number of nitrogens with zero attached hydrogens (tertiary/aromatic N) is 2. The molecular formula is C13H18N2O4S. The van der Waals surface area contributed by atoms with Gasteiger partial charge in [0.1, 0.15) is 4.88 Å². The number of carbonyl (C=O) groups is 2. The van der Waals surface area contributed by atoms with Gasteiger partial charge in [0.25, 0.3) is 5.91 Å². The van der Waals surface area contributed by atoms with E-state index in [4.69, 9.17) is 5.11 Å². The standard InChI is InChI=1S/C13H18N2O4S/c1-14(2)6-8-5-9(16)7-15(8)12(17)10-3-4-11(20-10)13(18)19/h3-4,8-9,16H,5-7H2,1-2H3,(H,18,19). The Morgan fingerprint density at radius 2 is 2.05 bits per heavy atom. The van der Waals surface area contributed by atoms with Crippen LogP contribution in [0, 0.1) is 0 Å². The Bertz CT molecular complexity index is 514. The van der Waals surface area contributed by atoms with Crippen LogP contribution < -0.4 is 0 Å². The molecule has 2 atom stereocenters. The Morgan fingerprint density at radius 1 is 1.40 bits per heavy atom. The van der Waals surface area contributed by atoms with E-state index in [0.29, 0.717) is 24.4 Å². The van der Waals surface area contributed by atoms with E-state index in [2.05, 4.69) is 0 Å². The first-order chi connectivity index (χ1) is 9.38. The first-order valence-corrected chi connectivity index (χ1v) is 7.17. The minimum Gasteiger partial charge on any atom is -0.477 e. The fraction of sp³-hybridized carbons (Fsp3) is 0.538. The fourth-order valence-electron chi connectivity index (χ4n) is 2.44. The smallest absolute Gasteiger partial charge is 0.345 e. The predicted octanol–water partition coefficient (Wildman–Crippen LogP) is 0.583. The van der Waals surface area contributed by atoms with E-state index < -0.39 is 12.1 Å². The maximum Gasteiger partial charge on any atom is 0.345 e. The molecule has 2 N–H and O–H groups in total. The molecule has 0 spiro atoms. The molecule has 1 amide bonds. The zero-order valence-corrected chi connectivity index (χ0v) is 12.3. The number of aliphatic hydroxyl groups is 1. The minimum absolute atomic E-state index is 0.0390. The van der Waals surface area contributed by atoms with Crippen molar-refractivity contribution in [3.05, 3.63) is 21.9 Å². The monoisotopic (exact) mass is 298 g/mol. The predicted molar refractivity (Wildman–Crippen MR) is 75.3 cm³/mol. The van der Waals surface area contributed by atoms with E-state index in [1.807, 2.05) is 19.0 Å². The van der Waals surface area contributed by atoms with Gasteiger partial charge in [0.15, 0.2) is 0 Å². The Labute approximate surface area is 121 Å². The molecule has 2 unspecified atom stereocenters. The normalized spacial score (nSPS) is 22.5. The van der Waals surface area contributed by atoms with Gasteiger partial charge in [0, 0.05) is 19.1 Å². The number of rotatable bonds is 4. The van der Waals surface area contributed by atoms with Crippen molar-refractivity contribution >= 4 is 23.2 Å². The molecule has 1 aromatic heterocycles. The number of hydrogen-bond donors (Lipinski definition) is 2. The fourth-order valence-corrected chi connectivity index (χ4v) is 3.25. The number of carboxylic acids is 1. The lowest BCUT2D eigenvalue weighted by Gasteiger charge is -2.26. The molecule has 0 bridgehead atoms. The van der Waals surface area contributed by atoms with Crippen molar-refractivity contribution in [2.45, 2.75) is 18.6 Å². The minimum atomic E-state index is -1.03. The van der Waals surface area contributed by atoms with Gasteiger partial charge in [-0.25, -0.2) is 4.79 Å². The van der Waals surface area contributed by atoms with E-state index in [-0.39, 0.29) is 16.8 Å². The van der Waals surface area contributed by atoms with E-state index in [1.165, 1.54) is 12.1 Å². The van der Waals surface area contributed by atoms with E-state index in [0.717, 1.165) is 11.3 Å². The molecule has 1 aliphatic rings. The van der Waals surface area contributed by atoms with Gasteiger partial charge in [-0.2, -0.15) is 0 Å². The van der Waals surface area contributed by atoms with Crippen molar-refractivity contribution in [3.8, 4) is 0 Å². The Kier molecular flexibility index (Phi) is 4.42. The maximum atomic E-state index is 12.4. The number of carbonyl (C=O) groups excluding carboxylic acids is 1. The third-order valence-electron chi connectivity index (χ3n) is 3.26. The van der Waals surface area contributed by atoms with Crippen LogP contribution in [0.3, 0.4) is 0 Å². The SMILES string of the molecule is CN(C)CC1CC(O)CN1C(=O)c1ccc(C(=O)O)s1. The van der Waals surface area contributed by atoms with E-state index in [9.17, 15) is 14.7 Å². The van der Waals surface area contributed by atoms with Gasteiger partial charge in [-0.1, -0.05) is 0 Å². The van der Waals surface area contributed by atoms with Crippen LogP contribution in [0.1, 0.15) is 25.8 Å². The van der Waals surface area contributed by atoms with Gasteiger partial charge in [0.2, 0.25) is 0 Å². The summed E-state index contributed by atoms with van der Waals surface area (Å²) < 4.78 is 0. The average Bonchev–Trinajstić information content (AvgIpc) is 2.94. The van der Waals surface area contributed by atoms with E-state index >= 15 is 0 Å². The van der Waals surface area contributed by atoms with E-state index in [1.54, 1.807) is 4.90 Å². The number of likely N-dealkylation sites (N-methyl/N-ethyl adjacent to an activating group) is 1. The Hall–Kier alpha value is -1.44. The van der Waals surface area contributed by atoms with Gasteiger partial charge in [-0.3, -0.25) is 4.79 Å². The van der Waals surface area contributed by atoms with Crippen molar-refractivity contribution in [2.24, 2.45) is 0 Å². The average molecular weight is 298 g/mol. The lowest BCUT2D eigenvalue weighted by Crippen LogP contribution is -2.41. The topological polar surface area (TPSA) is 81.1 Å². The lowest BCUT2D eigenvalue weighted by molar-refractivity contribution is 0.0696. The number of carboxylic acid groups (broad SMARTS) is 1. The summed E-state index contributed by atoms with van der Waals surface area (Å²) >= 11 is 0.972. The summed E-state index contributed by atoms with van der Waals surface area (Å²) in [6.45, 7) is 0.984. The van der Waals surface area contributed by atoms with Crippen LogP contribution in [0.5, 0.6) is 0 Å². The van der Waals surface area contributed by atoms with Crippen LogP contribution in [0.2, 0.25) is 0 Å². The second-order valence-corrected chi connectivity index (χ2v) is 6.32. The molecule has 0 aromatic carbocycles. The van der Waals surface area contributed by atoms with Crippen LogP contribution in [-0.4, -0.2) is 71.2 Å². The third-order valence-corrected chi connectivity index (χ3v) is 4.32. The van der Waals surface area contributed by atoms with Gasteiger partial charge < -0.3 is 20.0 Å². The summed E-state index contributed by atoms with van der Waals surface area (Å²) in [5.41, 5.74) is 0. The first-order valence-electron chi connectivity index (χ1n) is 6.35. The summed E-state index contributed by atoms with van der Waals surface area (Å²) in [5.74, 6) is -1.23. The number of amides is 1. The number of thiophene rings is 1. The van der Waals surface area contributed by atoms with Crippen molar-refractivity contribution in [1.29, 1.82) is 0 Å². The molecule has 0 saturated carbocycles. The second kappa shape index (κ2) is 5.90. The van der Waals surface area contributed by atoms with Gasteiger partial charge in [-0.05, 0) is 32.6 Å². The summed E-state index contributed by atoms with van der Waals surface area (Å²) in [6.07, 6.45) is 0.0453. The van der Waals surface area contributed by atoms with Gasteiger partial charge in [-0.15, -0.1) is 11.3 Å². The molecule has 1 aliphatic heterocycles. The molecule has 1 aromatic rings. The molecule has 20 heavy (non-hydrogen) atoms. The van der Waals surface area contributed by atoms with Crippen LogP contribution in [-0.2, 0) is 0 Å². The Balaban J connectivity index is 2.15. The molecule has 0 aliphatic carbocycles. The highest BCUT2D eigenvalue weighted by Gasteiger charge is 2.35. The number of aliphatic hydroxyl groups excluding tert-OH is 1. The highest BCUT2D eigenvalue weighted by atomic mass is 32.1. The summed E-state index contributed by atoms with van der Waals surface area (Å²) in [5, 5.41) is 18.7. The zero-order chi connectivity index (χ0) is 14.9. The quantitative estimate of drug-likeness (QED) is 0.850. The molecule has 0 radical (unpaired) electrons. The number of β-amino-alcohol motifs (C(OH)–C–C–N with tert-alkyl or cyclic N) is 1. The number of hydrogen-bond acceptors (Lipinski definition) is 5. The van der Waals surface area contributed by atoms with Crippen molar-refractivity contribution in [2.75, 3.05) is 27.2 Å². The van der Waals surface area contributed by atoms with Gasteiger partial charge >= 0.3 is 5.97 Å². The van der Waals surface area contributed by atoms with Gasteiger partial charge in [0.05, 0.1) is 11.0 Å². The molecule has 1 saturated heterocycles. The maximum absolute atomic E-state index is 12.4. The van der Waals surface area contributed by atoms with Crippen LogP contribution in [0.15, 0.2) is 12.1 Å². The lowest BCUT2D eigenvalue weighted by atomic mass is 10.2. The molecule has 7 heteroatoms. The molecule has 110 valence electrons. The molecular weight excluding hydrogens is 280 g/mol. The number of aromatic carboxylic acids is 1. The summed E-state index contributed by atoms with van der Waals surface area (Å²) in [7, 11) is 3.84. The van der Waals surface area contributed by atoms with Crippen molar-refractivity contribution in [3.63, 3.8) is 0 Å². The zero-order valence-electron chi connectivity index (χ0n) is 11.4. The Morgan fingerprint density at radius 3 is 2.60 bits per heavy atom. The first kappa shape index (κ1) is 15.0. The molecule has 2 heterocycles. The largest absolute Gasteiger partial charge is 0.477 e. The second-order valence-electron chi connectivity index (χ2n) is 5.23. The molecule has 6 nitrogen and oxygen atoms in total. The highest BCUT2D eigenvalue weighted by molar-refractivity contribution is 7.15. The third kappa shape index (κ3) is 3.17. The van der Waals surface area contributed by atoms with Crippen molar-refractivity contribution < 1.29 is 19.8 Å². The van der Waals surface area contributed by atoms with Crippen LogP contribution in [0.25, 0.3) is 0 Å². The van der Waals surface area contributed by atoms with Crippen molar-refractivity contribution in [1.82, 2.24) is 9.80 Å². The molecule has 2 rings (SSSR count). The number of likely N-dealkylation sites (tertiary alicyclic amines) is 1. The highest BCUT2D eigenvalue weighted by Crippen LogP contribution is 2.24. The summed E-state index contributed by atoms with van der Waals surface area (Å²) in [6, 6.07) is 2.93.